The third-order valence-electron chi connectivity index (χ3n) is 7.04. The third kappa shape index (κ3) is 4.45. The van der Waals surface area contributed by atoms with Gasteiger partial charge in [-0.15, -0.1) is 11.8 Å². The molecule has 2 aromatic carbocycles. The maximum atomic E-state index is 12.9. The molecule has 162 valence electrons. The van der Waals surface area contributed by atoms with E-state index in [4.69, 9.17) is 0 Å². The van der Waals surface area contributed by atoms with E-state index in [1.54, 1.807) is 24.3 Å². The Morgan fingerprint density at radius 2 is 1.65 bits per heavy atom. The van der Waals surface area contributed by atoms with Crippen molar-refractivity contribution in [3.63, 3.8) is 0 Å². The number of amides is 2. The molecule has 0 atom stereocenters. The smallest absolute Gasteiger partial charge is 0.256 e. The molecule has 0 saturated heterocycles. The largest absolute Gasteiger partial charge is 0.508 e. The number of nitrogens with one attached hydrogen (secondary N) is 2. The lowest BCUT2D eigenvalue weighted by Gasteiger charge is -2.56. The van der Waals surface area contributed by atoms with Crippen LogP contribution < -0.4 is 10.6 Å². The van der Waals surface area contributed by atoms with Crippen LogP contribution >= 0.6 is 11.8 Å². The number of hydrogen-bond acceptors (Lipinski definition) is 4. The molecule has 4 aliphatic rings. The van der Waals surface area contributed by atoms with E-state index >= 15 is 0 Å². The predicted octanol–water partition coefficient (Wildman–Crippen LogP) is 4.82. The first-order valence-corrected chi connectivity index (χ1v) is 12.1. The van der Waals surface area contributed by atoms with Crippen LogP contribution in [0, 0.1) is 17.8 Å². The Kier molecular flexibility index (Phi) is 5.42. The molecule has 3 N–H and O–H groups in total. The van der Waals surface area contributed by atoms with Gasteiger partial charge < -0.3 is 15.7 Å². The van der Waals surface area contributed by atoms with Gasteiger partial charge in [0.1, 0.15) is 5.75 Å². The highest BCUT2D eigenvalue weighted by Gasteiger charge is 2.51. The molecule has 6 heteroatoms. The maximum Gasteiger partial charge on any atom is 0.256 e. The van der Waals surface area contributed by atoms with Gasteiger partial charge >= 0.3 is 0 Å². The molecule has 5 nitrogen and oxygen atoms in total. The first-order chi connectivity index (χ1) is 15.0. The number of phenols is 1. The number of phenolic OH excluding ortho intramolecular Hbond substituents is 1. The fraction of sp³-hybridized carbons (Fsp3) is 0.440. The molecule has 0 aliphatic heterocycles. The molecule has 2 amide bonds. The van der Waals surface area contributed by atoms with Gasteiger partial charge in [-0.3, -0.25) is 9.59 Å². The number of benzene rings is 2. The number of aromatic hydroxyl groups is 1. The van der Waals surface area contributed by atoms with E-state index in [2.05, 4.69) is 10.6 Å². The van der Waals surface area contributed by atoms with E-state index in [9.17, 15) is 14.7 Å². The van der Waals surface area contributed by atoms with Crippen molar-refractivity contribution in [3.05, 3.63) is 54.1 Å². The lowest BCUT2D eigenvalue weighted by Crippen LogP contribution is -2.60. The van der Waals surface area contributed by atoms with Crippen LogP contribution in [-0.4, -0.2) is 28.2 Å². The minimum atomic E-state index is -0.254. The summed E-state index contributed by atoms with van der Waals surface area (Å²) in [5.74, 6) is 2.59. The molecule has 4 fully saturated rings. The van der Waals surface area contributed by atoms with Crippen LogP contribution in [0.5, 0.6) is 5.75 Å². The monoisotopic (exact) mass is 436 g/mol. The van der Waals surface area contributed by atoms with Gasteiger partial charge in [0.05, 0.1) is 11.3 Å². The molecule has 4 saturated carbocycles. The molecule has 0 radical (unpaired) electrons. The molecule has 0 unspecified atom stereocenters. The number of carbonyl (C=O) groups is 2. The van der Waals surface area contributed by atoms with Crippen molar-refractivity contribution in [3.8, 4) is 5.75 Å². The zero-order chi connectivity index (χ0) is 21.4. The van der Waals surface area contributed by atoms with Crippen molar-refractivity contribution in [2.24, 2.45) is 17.8 Å². The molecule has 4 aliphatic carbocycles. The highest BCUT2D eigenvalue weighted by molar-refractivity contribution is 8.00. The Morgan fingerprint density at radius 1 is 0.968 bits per heavy atom. The summed E-state index contributed by atoms with van der Waals surface area (Å²) in [5.41, 5.74) is 1.07. The summed E-state index contributed by atoms with van der Waals surface area (Å²) >= 11 is 1.40. The second-order valence-electron chi connectivity index (χ2n) is 9.54. The van der Waals surface area contributed by atoms with E-state index in [1.807, 2.05) is 18.2 Å². The van der Waals surface area contributed by atoms with Gasteiger partial charge in [0, 0.05) is 22.2 Å². The Balaban J connectivity index is 1.22. The molecule has 0 aromatic heterocycles. The maximum absolute atomic E-state index is 12.9. The van der Waals surface area contributed by atoms with Crippen LogP contribution in [0.1, 0.15) is 48.9 Å². The van der Waals surface area contributed by atoms with Crippen molar-refractivity contribution >= 4 is 29.3 Å². The summed E-state index contributed by atoms with van der Waals surface area (Å²) in [5, 5.41) is 15.8. The van der Waals surface area contributed by atoms with Gasteiger partial charge in [0.2, 0.25) is 5.91 Å². The quantitative estimate of drug-likeness (QED) is 0.567. The minimum Gasteiger partial charge on any atom is -0.508 e. The lowest BCUT2D eigenvalue weighted by atomic mass is 9.53. The van der Waals surface area contributed by atoms with E-state index in [-0.39, 0.29) is 23.1 Å². The van der Waals surface area contributed by atoms with Gasteiger partial charge in [0.15, 0.2) is 0 Å². The second kappa shape index (κ2) is 8.23. The predicted molar refractivity (Wildman–Crippen MR) is 122 cm³/mol. The molecule has 31 heavy (non-hydrogen) atoms. The summed E-state index contributed by atoms with van der Waals surface area (Å²) in [7, 11) is 0. The fourth-order valence-electron chi connectivity index (χ4n) is 6.30. The van der Waals surface area contributed by atoms with E-state index in [1.165, 1.54) is 37.1 Å². The SMILES string of the molecule is O=C(CSc1ccccc1C(=O)Nc1cccc(O)c1)NC12CC3CC(CC(C3)C1)C2. The molecule has 0 spiro atoms. The number of carbonyl (C=O) groups excluding carboxylic acids is 2. The summed E-state index contributed by atoms with van der Waals surface area (Å²) in [6, 6.07) is 13.8. The fourth-order valence-corrected chi connectivity index (χ4v) is 7.15. The van der Waals surface area contributed by atoms with Crippen molar-refractivity contribution in [2.75, 3.05) is 11.1 Å². The zero-order valence-corrected chi connectivity index (χ0v) is 18.3. The first-order valence-electron chi connectivity index (χ1n) is 11.1. The highest BCUT2D eigenvalue weighted by atomic mass is 32.2. The average molecular weight is 437 g/mol. The molecular weight excluding hydrogens is 408 g/mol. The van der Waals surface area contributed by atoms with Crippen LogP contribution in [0.4, 0.5) is 5.69 Å². The van der Waals surface area contributed by atoms with Gasteiger partial charge in [-0.2, -0.15) is 0 Å². The topological polar surface area (TPSA) is 78.4 Å². The molecule has 6 rings (SSSR count). The van der Waals surface area contributed by atoms with Crippen LogP contribution in [0.15, 0.2) is 53.4 Å². The average Bonchev–Trinajstić information content (AvgIpc) is 2.71. The van der Waals surface area contributed by atoms with E-state index < -0.39 is 0 Å². The molecule has 4 bridgehead atoms. The zero-order valence-electron chi connectivity index (χ0n) is 17.5. The Hall–Kier alpha value is -2.47. The van der Waals surface area contributed by atoms with Crippen LogP contribution in [0.3, 0.4) is 0 Å². The summed E-state index contributed by atoms with van der Waals surface area (Å²) in [6.07, 6.45) is 7.47. The third-order valence-corrected chi connectivity index (χ3v) is 8.11. The van der Waals surface area contributed by atoms with Crippen LogP contribution in [0.2, 0.25) is 0 Å². The summed E-state index contributed by atoms with van der Waals surface area (Å²) < 4.78 is 0. The standard InChI is InChI=1S/C25H28N2O3S/c28-20-5-3-4-19(11-20)26-24(30)21-6-1-2-7-22(21)31-15-23(29)27-25-12-16-8-17(13-25)10-18(9-16)14-25/h1-7,11,16-18,28H,8-10,12-15H2,(H,26,30)(H,27,29). The van der Waals surface area contributed by atoms with Crippen molar-refractivity contribution in [2.45, 2.75) is 49.0 Å². The number of hydrogen-bond donors (Lipinski definition) is 3. The molecular formula is C25H28N2O3S. The molecule has 2 aromatic rings. The van der Waals surface area contributed by atoms with Crippen molar-refractivity contribution in [1.29, 1.82) is 0 Å². The summed E-state index contributed by atoms with van der Waals surface area (Å²) in [6.45, 7) is 0. The van der Waals surface area contributed by atoms with Crippen LogP contribution in [-0.2, 0) is 4.79 Å². The number of rotatable bonds is 6. The number of anilines is 1. The minimum absolute atomic E-state index is 0.0125. The molecule has 0 heterocycles. The lowest BCUT2D eigenvalue weighted by molar-refractivity contribution is -0.124. The Labute approximate surface area is 187 Å². The van der Waals surface area contributed by atoms with Gasteiger partial charge in [-0.1, -0.05) is 18.2 Å². The Morgan fingerprint density at radius 3 is 2.32 bits per heavy atom. The van der Waals surface area contributed by atoms with Crippen LogP contribution in [0.25, 0.3) is 0 Å². The van der Waals surface area contributed by atoms with Crippen molar-refractivity contribution in [1.82, 2.24) is 5.32 Å². The summed E-state index contributed by atoms with van der Waals surface area (Å²) in [4.78, 5) is 26.4. The number of thioether (sulfide) groups is 1. The Bertz CT molecular complexity index is 970. The van der Waals surface area contributed by atoms with Gasteiger partial charge in [-0.05, 0) is 80.5 Å². The van der Waals surface area contributed by atoms with E-state index in [0.717, 1.165) is 41.9 Å². The van der Waals surface area contributed by atoms with Gasteiger partial charge in [0.25, 0.3) is 5.91 Å². The highest BCUT2D eigenvalue weighted by Crippen LogP contribution is 2.55. The van der Waals surface area contributed by atoms with Gasteiger partial charge in [-0.25, -0.2) is 0 Å². The normalized spacial score (nSPS) is 28.3. The van der Waals surface area contributed by atoms with E-state index in [0.29, 0.717) is 17.0 Å². The first kappa shape index (κ1) is 20.4. The van der Waals surface area contributed by atoms with Crippen molar-refractivity contribution < 1.29 is 14.7 Å². The second-order valence-corrected chi connectivity index (χ2v) is 10.6.